The number of likely N-dealkylation sites (tertiary alicyclic amines) is 2. The van der Waals surface area contributed by atoms with Crippen LogP contribution in [-0.4, -0.2) is 58.9 Å². The number of nitrogens with zero attached hydrogens (tertiary/aromatic N) is 4. The van der Waals surface area contributed by atoms with E-state index >= 15 is 0 Å². The zero-order valence-electron chi connectivity index (χ0n) is 17.6. The molecule has 0 spiro atoms. The average Bonchev–Trinajstić information content (AvgIpc) is 2.79. The molecule has 2 saturated heterocycles. The van der Waals surface area contributed by atoms with E-state index < -0.39 is 11.7 Å². The fourth-order valence-corrected chi connectivity index (χ4v) is 4.50. The monoisotopic (exact) mass is 432 g/mol. The Bertz CT molecular complexity index is 925. The van der Waals surface area contributed by atoms with Gasteiger partial charge in [0.1, 0.15) is 0 Å². The number of carbonyl (C=O) groups is 1. The quantitative estimate of drug-likeness (QED) is 0.729. The summed E-state index contributed by atoms with van der Waals surface area (Å²) in [6.45, 7) is 3.23. The van der Waals surface area contributed by atoms with Gasteiger partial charge in [-0.1, -0.05) is 12.1 Å². The summed E-state index contributed by atoms with van der Waals surface area (Å²) in [7, 11) is 2.08. The number of hydrogen-bond donors (Lipinski definition) is 0. The summed E-state index contributed by atoms with van der Waals surface area (Å²) in [4.78, 5) is 26.1. The Hall–Kier alpha value is -2.48. The zero-order valence-corrected chi connectivity index (χ0v) is 17.6. The van der Waals surface area contributed by atoms with Crippen LogP contribution in [0.25, 0.3) is 11.3 Å². The average molecular weight is 432 g/mol. The SMILES string of the molecule is CN1CCC(C(=O)N2CCCC(c3cncc(-c4cccc(C(F)(F)F)c4)n3)C2)CC1. The lowest BCUT2D eigenvalue weighted by atomic mass is 9.91. The van der Waals surface area contributed by atoms with Crippen molar-refractivity contribution in [3.8, 4) is 11.3 Å². The Balaban J connectivity index is 1.49. The van der Waals surface area contributed by atoms with Gasteiger partial charge in [-0.15, -0.1) is 0 Å². The predicted molar refractivity (Wildman–Crippen MR) is 111 cm³/mol. The molecule has 3 heterocycles. The van der Waals surface area contributed by atoms with Crippen LogP contribution in [0.2, 0.25) is 0 Å². The van der Waals surface area contributed by atoms with Gasteiger partial charge in [0, 0.05) is 36.7 Å². The summed E-state index contributed by atoms with van der Waals surface area (Å²) < 4.78 is 39.2. The Morgan fingerprint density at radius 2 is 1.87 bits per heavy atom. The third kappa shape index (κ3) is 5.06. The van der Waals surface area contributed by atoms with E-state index in [1.165, 1.54) is 12.3 Å². The molecule has 2 aliphatic heterocycles. The van der Waals surface area contributed by atoms with Crippen molar-refractivity contribution in [2.24, 2.45) is 5.92 Å². The van der Waals surface area contributed by atoms with Crippen molar-refractivity contribution in [2.45, 2.75) is 37.8 Å². The van der Waals surface area contributed by atoms with Crippen LogP contribution in [0.4, 0.5) is 13.2 Å². The molecular formula is C23H27F3N4O. The number of amides is 1. The van der Waals surface area contributed by atoms with E-state index in [1.807, 2.05) is 4.90 Å². The first-order valence-electron chi connectivity index (χ1n) is 10.8. The lowest BCUT2D eigenvalue weighted by molar-refractivity contribution is -0.138. The van der Waals surface area contributed by atoms with E-state index in [2.05, 4.69) is 21.9 Å². The van der Waals surface area contributed by atoms with Crippen LogP contribution in [0.3, 0.4) is 0 Å². The van der Waals surface area contributed by atoms with Crippen LogP contribution < -0.4 is 0 Å². The number of hydrogen-bond acceptors (Lipinski definition) is 4. The number of carbonyl (C=O) groups excluding carboxylic acids is 1. The van der Waals surface area contributed by atoms with Crippen LogP contribution in [0.15, 0.2) is 36.7 Å². The van der Waals surface area contributed by atoms with Gasteiger partial charge in [0.25, 0.3) is 0 Å². The first kappa shape index (κ1) is 21.7. The highest BCUT2D eigenvalue weighted by Gasteiger charge is 2.32. The van der Waals surface area contributed by atoms with Gasteiger partial charge in [0.05, 0.1) is 23.1 Å². The first-order valence-corrected chi connectivity index (χ1v) is 10.8. The van der Waals surface area contributed by atoms with E-state index in [1.54, 1.807) is 12.3 Å². The third-order valence-electron chi connectivity index (χ3n) is 6.36. The molecule has 0 saturated carbocycles. The largest absolute Gasteiger partial charge is 0.416 e. The van der Waals surface area contributed by atoms with Crippen molar-refractivity contribution in [1.29, 1.82) is 0 Å². The second-order valence-corrected chi connectivity index (χ2v) is 8.61. The molecule has 0 N–H and O–H groups in total. The summed E-state index contributed by atoms with van der Waals surface area (Å²) in [5, 5.41) is 0. The maximum Gasteiger partial charge on any atom is 0.416 e. The number of halogens is 3. The Morgan fingerprint density at radius 3 is 2.61 bits per heavy atom. The number of benzene rings is 1. The second kappa shape index (κ2) is 8.94. The summed E-state index contributed by atoms with van der Waals surface area (Å²) in [5.41, 5.74) is 0.835. The minimum absolute atomic E-state index is 0.0437. The minimum atomic E-state index is -4.40. The molecule has 8 heteroatoms. The molecule has 31 heavy (non-hydrogen) atoms. The smallest absolute Gasteiger partial charge is 0.342 e. The Labute approximate surface area is 180 Å². The van der Waals surface area contributed by atoms with Gasteiger partial charge in [-0.3, -0.25) is 9.78 Å². The van der Waals surface area contributed by atoms with Crippen molar-refractivity contribution in [1.82, 2.24) is 19.8 Å². The highest BCUT2D eigenvalue weighted by molar-refractivity contribution is 5.79. The van der Waals surface area contributed by atoms with E-state index in [9.17, 15) is 18.0 Å². The number of aromatic nitrogens is 2. The number of alkyl halides is 3. The molecule has 1 aromatic carbocycles. The van der Waals surface area contributed by atoms with Crippen molar-refractivity contribution in [3.63, 3.8) is 0 Å². The minimum Gasteiger partial charge on any atom is -0.342 e. The zero-order chi connectivity index (χ0) is 22.0. The van der Waals surface area contributed by atoms with Crippen LogP contribution >= 0.6 is 0 Å². The standard InChI is InChI=1S/C23H27F3N4O/c1-29-10-7-16(8-11-29)22(31)30-9-3-5-18(15-30)21-14-27-13-20(28-21)17-4-2-6-19(12-17)23(24,25)26/h2,4,6,12-14,16,18H,3,5,7-11,15H2,1H3. The third-order valence-corrected chi connectivity index (χ3v) is 6.36. The highest BCUT2D eigenvalue weighted by atomic mass is 19.4. The molecule has 2 aromatic rings. The maximum atomic E-state index is 13.1. The molecule has 5 nitrogen and oxygen atoms in total. The second-order valence-electron chi connectivity index (χ2n) is 8.61. The molecule has 0 aliphatic carbocycles. The van der Waals surface area contributed by atoms with Crippen molar-refractivity contribution in [2.75, 3.05) is 33.2 Å². The number of piperidine rings is 2. The van der Waals surface area contributed by atoms with Crippen molar-refractivity contribution < 1.29 is 18.0 Å². The number of rotatable bonds is 3. The van der Waals surface area contributed by atoms with E-state index in [-0.39, 0.29) is 17.7 Å². The Kier molecular flexibility index (Phi) is 6.27. The molecule has 0 bridgehead atoms. The van der Waals surface area contributed by atoms with Crippen molar-refractivity contribution in [3.05, 3.63) is 47.9 Å². The summed E-state index contributed by atoms with van der Waals surface area (Å²) in [5.74, 6) is 0.347. The molecule has 4 rings (SSSR count). The molecule has 166 valence electrons. The van der Waals surface area contributed by atoms with Crippen molar-refractivity contribution >= 4 is 5.91 Å². The molecule has 0 radical (unpaired) electrons. The normalized spacial score (nSPS) is 21.3. The fraction of sp³-hybridized carbons (Fsp3) is 0.522. The van der Waals surface area contributed by atoms with Crippen LogP contribution in [-0.2, 0) is 11.0 Å². The lowest BCUT2D eigenvalue weighted by Crippen LogP contribution is -2.45. The van der Waals surface area contributed by atoms with Gasteiger partial charge in [0.15, 0.2) is 0 Å². The fourth-order valence-electron chi connectivity index (χ4n) is 4.50. The molecule has 1 atom stereocenters. The van der Waals surface area contributed by atoms with Gasteiger partial charge >= 0.3 is 6.18 Å². The van der Waals surface area contributed by atoms with Gasteiger partial charge in [0.2, 0.25) is 5.91 Å². The van der Waals surface area contributed by atoms with E-state index in [0.29, 0.717) is 17.8 Å². The molecule has 1 aromatic heterocycles. The van der Waals surface area contributed by atoms with Crippen LogP contribution in [0.5, 0.6) is 0 Å². The highest BCUT2D eigenvalue weighted by Crippen LogP contribution is 2.33. The molecule has 1 amide bonds. The first-order chi connectivity index (χ1) is 14.8. The van der Waals surface area contributed by atoms with Gasteiger partial charge < -0.3 is 9.80 Å². The molecule has 2 fully saturated rings. The molecule has 2 aliphatic rings. The van der Waals surface area contributed by atoms with E-state index in [0.717, 1.165) is 63.1 Å². The molecule has 1 unspecified atom stereocenters. The lowest BCUT2D eigenvalue weighted by Gasteiger charge is -2.37. The summed E-state index contributed by atoms with van der Waals surface area (Å²) in [6.07, 6.45) is 2.31. The van der Waals surface area contributed by atoms with Gasteiger partial charge in [-0.25, -0.2) is 4.98 Å². The summed E-state index contributed by atoms with van der Waals surface area (Å²) >= 11 is 0. The topological polar surface area (TPSA) is 49.3 Å². The van der Waals surface area contributed by atoms with Crippen LogP contribution in [0, 0.1) is 5.92 Å². The summed E-state index contributed by atoms with van der Waals surface area (Å²) in [6, 6.07) is 5.15. The van der Waals surface area contributed by atoms with Gasteiger partial charge in [-0.2, -0.15) is 13.2 Å². The molecular weight excluding hydrogens is 405 g/mol. The Morgan fingerprint density at radius 1 is 1.10 bits per heavy atom. The van der Waals surface area contributed by atoms with Crippen LogP contribution in [0.1, 0.15) is 42.9 Å². The predicted octanol–water partition coefficient (Wildman–Crippen LogP) is 4.21. The van der Waals surface area contributed by atoms with E-state index in [4.69, 9.17) is 0 Å². The van der Waals surface area contributed by atoms with Gasteiger partial charge in [-0.05, 0) is 58.0 Å². The maximum absolute atomic E-state index is 13.1.